The number of nitrogens with zero attached hydrogens (tertiary/aromatic N) is 1. The second-order valence-corrected chi connectivity index (χ2v) is 9.11. The Bertz CT molecular complexity index is 888. The Kier molecular flexibility index (Phi) is 8.79. The zero-order valence-corrected chi connectivity index (χ0v) is 20.0. The number of nitrogens with one attached hydrogen (secondary N) is 1. The minimum absolute atomic E-state index is 0.0969. The van der Waals surface area contributed by atoms with Crippen molar-refractivity contribution in [3.8, 4) is 5.75 Å². The van der Waals surface area contributed by atoms with Crippen molar-refractivity contribution in [2.24, 2.45) is 0 Å². The molecule has 1 saturated carbocycles. The molecule has 1 atom stereocenters. The number of amides is 2. The van der Waals surface area contributed by atoms with Crippen molar-refractivity contribution in [3.05, 3.63) is 63.6 Å². The summed E-state index contributed by atoms with van der Waals surface area (Å²) in [6.07, 6.45) is 4.79. The third kappa shape index (κ3) is 6.71. The van der Waals surface area contributed by atoms with Crippen LogP contribution in [0.4, 0.5) is 0 Å². The fourth-order valence-electron chi connectivity index (χ4n) is 3.88. The number of rotatable bonds is 9. The predicted octanol–water partition coefficient (Wildman–Crippen LogP) is 5.35. The molecule has 31 heavy (non-hydrogen) atoms. The molecule has 1 unspecified atom stereocenters. The van der Waals surface area contributed by atoms with E-state index in [9.17, 15) is 9.59 Å². The Labute approximate surface area is 197 Å². The number of carbonyl (C=O) groups excluding carboxylic acids is 2. The van der Waals surface area contributed by atoms with Crippen LogP contribution in [0.15, 0.2) is 53.0 Å². The summed E-state index contributed by atoms with van der Waals surface area (Å²) >= 11 is 9.57. The van der Waals surface area contributed by atoms with Gasteiger partial charge in [0.2, 0.25) is 5.91 Å². The van der Waals surface area contributed by atoms with Crippen LogP contribution in [-0.2, 0) is 16.1 Å². The number of benzene rings is 2. The summed E-state index contributed by atoms with van der Waals surface area (Å²) in [7, 11) is 0. The lowest BCUT2D eigenvalue weighted by atomic mass is 10.1. The molecule has 2 aromatic rings. The molecule has 0 aromatic heterocycles. The van der Waals surface area contributed by atoms with Crippen LogP contribution in [0.1, 0.15) is 44.6 Å². The van der Waals surface area contributed by atoms with Gasteiger partial charge in [-0.3, -0.25) is 9.59 Å². The lowest BCUT2D eigenvalue weighted by Crippen LogP contribution is -2.52. The Morgan fingerprint density at radius 2 is 1.90 bits per heavy atom. The molecule has 0 aliphatic heterocycles. The van der Waals surface area contributed by atoms with Crippen LogP contribution in [0, 0.1) is 0 Å². The highest BCUT2D eigenvalue weighted by Gasteiger charge is 2.30. The largest absolute Gasteiger partial charge is 0.482 e. The highest BCUT2D eigenvalue weighted by atomic mass is 79.9. The fraction of sp³-hybridized carbons (Fsp3) is 0.417. The molecule has 1 aliphatic rings. The SMILES string of the molecule is CCC(C(=O)NC1CCCC1)N(Cc1ccccc1)C(=O)COc1ccc(Br)cc1Cl. The quantitative estimate of drug-likeness (QED) is 0.498. The molecule has 0 bridgehead atoms. The molecule has 0 heterocycles. The van der Waals surface area contributed by atoms with Gasteiger partial charge in [0.15, 0.2) is 6.61 Å². The minimum atomic E-state index is -0.558. The summed E-state index contributed by atoms with van der Waals surface area (Å²) in [6.45, 7) is 2.08. The zero-order valence-electron chi connectivity index (χ0n) is 17.7. The molecular formula is C24H28BrClN2O3. The van der Waals surface area contributed by atoms with Crippen molar-refractivity contribution in [1.82, 2.24) is 10.2 Å². The molecule has 1 N–H and O–H groups in total. The average molecular weight is 508 g/mol. The van der Waals surface area contributed by atoms with Crippen molar-refractivity contribution in [2.75, 3.05) is 6.61 Å². The van der Waals surface area contributed by atoms with E-state index in [1.807, 2.05) is 37.3 Å². The Morgan fingerprint density at radius 3 is 2.55 bits per heavy atom. The maximum atomic E-state index is 13.2. The van der Waals surface area contributed by atoms with Crippen molar-refractivity contribution < 1.29 is 14.3 Å². The second-order valence-electron chi connectivity index (χ2n) is 7.78. The normalized spacial score (nSPS) is 14.8. The summed E-state index contributed by atoms with van der Waals surface area (Å²) in [5.41, 5.74) is 0.963. The first-order valence-corrected chi connectivity index (χ1v) is 11.9. The van der Waals surface area contributed by atoms with Gasteiger partial charge < -0.3 is 15.0 Å². The van der Waals surface area contributed by atoms with Crippen LogP contribution in [0.25, 0.3) is 0 Å². The summed E-state index contributed by atoms with van der Waals surface area (Å²) in [4.78, 5) is 27.9. The van der Waals surface area contributed by atoms with Crippen LogP contribution < -0.4 is 10.1 Å². The van der Waals surface area contributed by atoms with E-state index in [1.165, 1.54) is 0 Å². The maximum absolute atomic E-state index is 13.2. The first-order chi connectivity index (χ1) is 15.0. The van der Waals surface area contributed by atoms with E-state index in [2.05, 4.69) is 21.2 Å². The molecule has 166 valence electrons. The monoisotopic (exact) mass is 506 g/mol. The van der Waals surface area contributed by atoms with Crippen LogP contribution in [0.2, 0.25) is 5.02 Å². The molecule has 2 aromatic carbocycles. The first-order valence-electron chi connectivity index (χ1n) is 10.7. The lowest BCUT2D eigenvalue weighted by molar-refractivity contribution is -0.143. The molecule has 3 rings (SSSR count). The summed E-state index contributed by atoms with van der Waals surface area (Å²) in [5, 5.41) is 3.56. The van der Waals surface area contributed by atoms with Gasteiger partial charge in [-0.05, 0) is 43.0 Å². The standard InChI is InChI=1S/C24H28BrClN2O3/c1-2-21(24(30)27-19-10-6-7-11-19)28(15-17-8-4-3-5-9-17)23(29)16-31-22-13-12-18(25)14-20(22)26/h3-5,8-9,12-14,19,21H,2,6-7,10-11,15-16H2,1H3,(H,27,30). The Balaban J connectivity index is 1.74. The van der Waals surface area contributed by atoms with Gasteiger partial charge in [-0.25, -0.2) is 0 Å². The minimum Gasteiger partial charge on any atom is -0.482 e. The van der Waals surface area contributed by atoms with Crippen molar-refractivity contribution in [1.29, 1.82) is 0 Å². The van der Waals surface area contributed by atoms with Gasteiger partial charge in [0.1, 0.15) is 11.8 Å². The number of halogens is 2. The van der Waals surface area contributed by atoms with Crippen LogP contribution in [0.3, 0.4) is 0 Å². The highest BCUT2D eigenvalue weighted by Crippen LogP contribution is 2.28. The van der Waals surface area contributed by atoms with Crippen LogP contribution >= 0.6 is 27.5 Å². The molecular weight excluding hydrogens is 480 g/mol. The summed E-state index contributed by atoms with van der Waals surface area (Å²) in [6, 6.07) is 14.6. The molecule has 7 heteroatoms. The van der Waals surface area contributed by atoms with Gasteiger partial charge in [-0.2, -0.15) is 0 Å². The number of hydrogen-bond donors (Lipinski definition) is 1. The van der Waals surface area contributed by atoms with Gasteiger partial charge in [0.05, 0.1) is 5.02 Å². The van der Waals surface area contributed by atoms with E-state index in [0.717, 1.165) is 35.7 Å². The zero-order chi connectivity index (χ0) is 22.2. The Hall–Kier alpha value is -2.05. The number of ether oxygens (including phenoxy) is 1. The average Bonchev–Trinajstić information content (AvgIpc) is 3.26. The first kappa shape index (κ1) is 23.6. The molecule has 5 nitrogen and oxygen atoms in total. The number of hydrogen-bond acceptors (Lipinski definition) is 3. The summed E-state index contributed by atoms with van der Waals surface area (Å²) < 4.78 is 6.53. The van der Waals surface area contributed by atoms with E-state index in [4.69, 9.17) is 16.3 Å². The van der Waals surface area contributed by atoms with Gasteiger partial charge in [0.25, 0.3) is 5.91 Å². The van der Waals surface area contributed by atoms with E-state index in [1.54, 1.807) is 23.1 Å². The van der Waals surface area contributed by atoms with E-state index in [-0.39, 0.29) is 24.5 Å². The predicted molar refractivity (Wildman–Crippen MR) is 126 cm³/mol. The van der Waals surface area contributed by atoms with Gasteiger partial charge in [-0.15, -0.1) is 0 Å². The van der Waals surface area contributed by atoms with Gasteiger partial charge in [0, 0.05) is 17.1 Å². The van der Waals surface area contributed by atoms with Crippen molar-refractivity contribution in [3.63, 3.8) is 0 Å². The third-order valence-corrected chi connectivity index (χ3v) is 6.32. The van der Waals surface area contributed by atoms with E-state index in [0.29, 0.717) is 23.7 Å². The smallest absolute Gasteiger partial charge is 0.261 e. The van der Waals surface area contributed by atoms with Crippen LogP contribution in [0.5, 0.6) is 5.75 Å². The van der Waals surface area contributed by atoms with Gasteiger partial charge >= 0.3 is 0 Å². The van der Waals surface area contributed by atoms with E-state index < -0.39 is 6.04 Å². The van der Waals surface area contributed by atoms with Crippen molar-refractivity contribution in [2.45, 2.75) is 57.7 Å². The molecule has 0 saturated heterocycles. The molecule has 2 amide bonds. The Morgan fingerprint density at radius 1 is 1.19 bits per heavy atom. The van der Waals surface area contributed by atoms with E-state index >= 15 is 0 Å². The maximum Gasteiger partial charge on any atom is 0.261 e. The fourth-order valence-corrected chi connectivity index (χ4v) is 4.61. The lowest BCUT2D eigenvalue weighted by Gasteiger charge is -2.31. The molecule has 0 spiro atoms. The molecule has 1 fully saturated rings. The van der Waals surface area contributed by atoms with Crippen molar-refractivity contribution >= 4 is 39.3 Å². The highest BCUT2D eigenvalue weighted by molar-refractivity contribution is 9.10. The summed E-state index contributed by atoms with van der Waals surface area (Å²) in [5.74, 6) is 0.0814. The molecule has 0 radical (unpaired) electrons. The van der Waals surface area contributed by atoms with Crippen LogP contribution in [-0.4, -0.2) is 35.4 Å². The van der Waals surface area contributed by atoms with Gasteiger partial charge in [-0.1, -0.05) is 77.6 Å². The third-order valence-electron chi connectivity index (χ3n) is 5.53. The molecule has 1 aliphatic carbocycles. The second kappa shape index (κ2) is 11.5. The topological polar surface area (TPSA) is 58.6 Å². The number of carbonyl (C=O) groups is 2.